The zero-order chi connectivity index (χ0) is 13.8. The molecular weight excluding hydrogens is 244 g/mol. The Bertz CT molecular complexity index is 566. The van der Waals surface area contributed by atoms with Gasteiger partial charge < -0.3 is 9.88 Å². The van der Waals surface area contributed by atoms with Crippen LogP contribution in [0, 0.1) is 17.0 Å². The SMILES string of the molecule is Cc1ccc(NC(C)Cn2ccnc2)cc1[N+](=O)[O-]. The van der Waals surface area contributed by atoms with Crippen LogP contribution in [-0.2, 0) is 6.54 Å². The number of aromatic nitrogens is 2. The zero-order valence-electron chi connectivity index (χ0n) is 10.9. The van der Waals surface area contributed by atoms with Gasteiger partial charge in [0.2, 0.25) is 0 Å². The molecule has 0 aliphatic rings. The molecule has 2 rings (SSSR count). The van der Waals surface area contributed by atoms with Gasteiger partial charge in [-0.15, -0.1) is 0 Å². The molecule has 0 spiro atoms. The molecular formula is C13H16N4O2. The summed E-state index contributed by atoms with van der Waals surface area (Å²) in [6.07, 6.45) is 5.36. The molecule has 0 amide bonds. The second kappa shape index (κ2) is 5.51. The summed E-state index contributed by atoms with van der Waals surface area (Å²) in [5.41, 5.74) is 1.56. The van der Waals surface area contributed by atoms with Crippen LogP contribution in [0.4, 0.5) is 11.4 Å². The minimum atomic E-state index is -0.360. The van der Waals surface area contributed by atoms with Gasteiger partial charge in [-0.2, -0.15) is 0 Å². The number of nitro benzene ring substituents is 1. The Morgan fingerprint density at radius 1 is 1.53 bits per heavy atom. The first-order valence-corrected chi connectivity index (χ1v) is 6.03. The maximum absolute atomic E-state index is 10.9. The number of imidazole rings is 1. The maximum Gasteiger partial charge on any atom is 0.274 e. The Labute approximate surface area is 111 Å². The molecule has 2 aromatic rings. The van der Waals surface area contributed by atoms with E-state index < -0.39 is 0 Å². The quantitative estimate of drug-likeness (QED) is 0.662. The molecule has 1 unspecified atom stereocenters. The number of aryl methyl sites for hydroxylation is 1. The Morgan fingerprint density at radius 2 is 2.32 bits per heavy atom. The van der Waals surface area contributed by atoms with Crippen molar-refractivity contribution in [2.24, 2.45) is 0 Å². The van der Waals surface area contributed by atoms with Crippen molar-refractivity contribution in [3.8, 4) is 0 Å². The van der Waals surface area contributed by atoms with Gasteiger partial charge in [0.25, 0.3) is 5.69 Å². The maximum atomic E-state index is 10.9. The van der Waals surface area contributed by atoms with E-state index in [4.69, 9.17) is 0 Å². The molecule has 1 N–H and O–H groups in total. The summed E-state index contributed by atoms with van der Waals surface area (Å²) >= 11 is 0. The minimum absolute atomic E-state index is 0.139. The van der Waals surface area contributed by atoms with Crippen LogP contribution < -0.4 is 5.32 Å². The first-order valence-electron chi connectivity index (χ1n) is 6.03. The van der Waals surface area contributed by atoms with Crippen LogP contribution in [0.5, 0.6) is 0 Å². The molecule has 1 aromatic heterocycles. The van der Waals surface area contributed by atoms with Crippen molar-refractivity contribution in [3.63, 3.8) is 0 Å². The summed E-state index contributed by atoms with van der Waals surface area (Å²) < 4.78 is 1.96. The van der Waals surface area contributed by atoms with E-state index in [1.165, 1.54) is 0 Å². The smallest absolute Gasteiger partial charge is 0.274 e. The highest BCUT2D eigenvalue weighted by atomic mass is 16.6. The number of nitrogens with zero attached hydrogens (tertiary/aromatic N) is 3. The molecule has 0 fully saturated rings. The lowest BCUT2D eigenvalue weighted by atomic mass is 10.1. The number of rotatable bonds is 5. The summed E-state index contributed by atoms with van der Waals surface area (Å²) in [7, 11) is 0. The second-order valence-electron chi connectivity index (χ2n) is 4.56. The fraction of sp³-hybridized carbons (Fsp3) is 0.308. The molecule has 6 nitrogen and oxygen atoms in total. The monoisotopic (exact) mass is 260 g/mol. The van der Waals surface area contributed by atoms with E-state index in [9.17, 15) is 10.1 Å². The van der Waals surface area contributed by atoms with Crippen molar-refractivity contribution < 1.29 is 4.92 Å². The Hall–Kier alpha value is -2.37. The lowest BCUT2D eigenvalue weighted by Gasteiger charge is -2.15. The van der Waals surface area contributed by atoms with Gasteiger partial charge in [-0.05, 0) is 19.9 Å². The lowest BCUT2D eigenvalue weighted by Crippen LogP contribution is -2.21. The third kappa shape index (κ3) is 3.31. The third-order valence-electron chi connectivity index (χ3n) is 2.86. The van der Waals surface area contributed by atoms with Crippen molar-refractivity contribution in [3.05, 3.63) is 52.6 Å². The van der Waals surface area contributed by atoms with Gasteiger partial charge in [-0.3, -0.25) is 10.1 Å². The van der Waals surface area contributed by atoms with Crippen LogP contribution in [0.1, 0.15) is 12.5 Å². The van der Waals surface area contributed by atoms with Crippen LogP contribution in [0.2, 0.25) is 0 Å². The summed E-state index contributed by atoms with van der Waals surface area (Å²) in [6.45, 7) is 4.50. The highest BCUT2D eigenvalue weighted by Gasteiger charge is 2.12. The van der Waals surface area contributed by atoms with E-state index in [-0.39, 0.29) is 16.7 Å². The lowest BCUT2D eigenvalue weighted by molar-refractivity contribution is -0.385. The summed E-state index contributed by atoms with van der Waals surface area (Å²) in [5.74, 6) is 0. The molecule has 1 atom stereocenters. The molecule has 19 heavy (non-hydrogen) atoms. The fourth-order valence-corrected chi connectivity index (χ4v) is 1.94. The number of anilines is 1. The van der Waals surface area contributed by atoms with Crippen LogP contribution in [0.3, 0.4) is 0 Å². The predicted octanol–water partition coefficient (Wildman–Crippen LogP) is 2.60. The Morgan fingerprint density at radius 3 is 2.95 bits per heavy atom. The Balaban J connectivity index is 2.06. The van der Waals surface area contributed by atoms with Crippen LogP contribution >= 0.6 is 0 Å². The molecule has 0 saturated carbocycles. The van der Waals surface area contributed by atoms with Gasteiger partial charge in [0.15, 0.2) is 0 Å². The molecule has 100 valence electrons. The minimum Gasteiger partial charge on any atom is -0.381 e. The largest absolute Gasteiger partial charge is 0.381 e. The number of benzene rings is 1. The fourth-order valence-electron chi connectivity index (χ4n) is 1.94. The molecule has 0 aliphatic carbocycles. The topological polar surface area (TPSA) is 73.0 Å². The van der Waals surface area contributed by atoms with Crippen LogP contribution in [0.25, 0.3) is 0 Å². The van der Waals surface area contributed by atoms with Gasteiger partial charge in [-0.1, -0.05) is 6.07 Å². The van der Waals surface area contributed by atoms with Crippen LogP contribution in [0.15, 0.2) is 36.9 Å². The number of nitrogens with one attached hydrogen (secondary N) is 1. The molecule has 0 saturated heterocycles. The average molecular weight is 260 g/mol. The number of hydrogen-bond acceptors (Lipinski definition) is 4. The standard InChI is InChI=1S/C13H16N4O2/c1-10-3-4-12(7-13(10)17(18)19)15-11(2)8-16-6-5-14-9-16/h3-7,9,11,15H,8H2,1-2H3. The van der Waals surface area contributed by atoms with E-state index in [2.05, 4.69) is 10.3 Å². The first kappa shape index (κ1) is 13.1. The molecule has 0 bridgehead atoms. The summed E-state index contributed by atoms with van der Waals surface area (Å²) in [4.78, 5) is 14.5. The average Bonchev–Trinajstić information content (AvgIpc) is 2.84. The Kier molecular flexibility index (Phi) is 3.79. The number of nitro groups is 1. The van der Waals surface area contributed by atoms with Crippen molar-refractivity contribution >= 4 is 11.4 Å². The van der Waals surface area contributed by atoms with E-state index in [1.54, 1.807) is 31.6 Å². The van der Waals surface area contributed by atoms with Crippen LogP contribution in [-0.4, -0.2) is 20.5 Å². The molecule has 1 heterocycles. The molecule has 0 radical (unpaired) electrons. The van der Waals surface area contributed by atoms with Crippen molar-refractivity contribution in [2.45, 2.75) is 26.4 Å². The third-order valence-corrected chi connectivity index (χ3v) is 2.86. The predicted molar refractivity (Wildman–Crippen MR) is 73.1 cm³/mol. The van der Waals surface area contributed by atoms with Crippen molar-refractivity contribution in [1.82, 2.24) is 9.55 Å². The van der Waals surface area contributed by atoms with Gasteiger partial charge >= 0.3 is 0 Å². The molecule has 6 heteroatoms. The van der Waals surface area contributed by atoms with Crippen molar-refractivity contribution in [1.29, 1.82) is 0 Å². The highest BCUT2D eigenvalue weighted by Crippen LogP contribution is 2.22. The zero-order valence-corrected chi connectivity index (χ0v) is 10.9. The van der Waals surface area contributed by atoms with Gasteiger partial charge in [0, 0.05) is 42.3 Å². The highest BCUT2D eigenvalue weighted by molar-refractivity contribution is 5.55. The first-order chi connectivity index (χ1) is 9.06. The van der Waals surface area contributed by atoms with E-state index >= 15 is 0 Å². The molecule has 1 aromatic carbocycles. The van der Waals surface area contributed by atoms with Gasteiger partial charge in [0.05, 0.1) is 11.3 Å². The van der Waals surface area contributed by atoms with Gasteiger partial charge in [-0.25, -0.2) is 4.98 Å². The molecule has 0 aliphatic heterocycles. The normalized spacial score (nSPS) is 12.1. The van der Waals surface area contributed by atoms with Crippen molar-refractivity contribution in [2.75, 3.05) is 5.32 Å². The van der Waals surface area contributed by atoms with E-state index in [0.717, 1.165) is 12.2 Å². The van der Waals surface area contributed by atoms with E-state index in [1.807, 2.05) is 23.8 Å². The van der Waals surface area contributed by atoms with Gasteiger partial charge in [0.1, 0.15) is 0 Å². The van der Waals surface area contributed by atoms with E-state index in [0.29, 0.717) is 5.56 Å². The summed E-state index contributed by atoms with van der Waals surface area (Å²) in [5, 5.41) is 14.1. The number of hydrogen-bond donors (Lipinski definition) is 1. The summed E-state index contributed by atoms with van der Waals surface area (Å²) in [6, 6.07) is 5.33. The second-order valence-corrected chi connectivity index (χ2v) is 4.56.